The second-order valence-electron chi connectivity index (χ2n) is 7.04. The average molecular weight is 448 g/mol. The molecule has 0 aromatic heterocycles. The van der Waals surface area contributed by atoms with Gasteiger partial charge >= 0.3 is 6.09 Å². The Morgan fingerprint density at radius 2 is 1.77 bits per heavy atom. The Labute approximate surface area is 181 Å². The number of ether oxygens (including phenoxy) is 1. The topological polar surface area (TPSA) is 80.8 Å². The summed E-state index contributed by atoms with van der Waals surface area (Å²) in [5.41, 5.74) is 1.27. The molecule has 0 N–H and O–H groups in total. The van der Waals surface area contributed by atoms with Gasteiger partial charge in [-0.2, -0.15) is 4.31 Å². The number of cyclic esters (lactones) is 1. The number of nitrogens with zero attached hydrogens (tertiary/aromatic N) is 1. The maximum absolute atomic E-state index is 13.2. The molecule has 0 aliphatic carbocycles. The summed E-state index contributed by atoms with van der Waals surface area (Å²) in [5, 5.41) is 0.487. The molecule has 1 aliphatic rings. The van der Waals surface area contributed by atoms with Gasteiger partial charge in [0.1, 0.15) is 6.10 Å². The minimum atomic E-state index is -4.18. The van der Waals surface area contributed by atoms with E-state index in [-0.39, 0.29) is 17.1 Å². The van der Waals surface area contributed by atoms with Crippen molar-refractivity contribution >= 4 is 33.5 Å². The number of hydrogen-bond acceptors (Lipinski definition) is 5. The van der Waals surface area contributed by atoms with Crippen molar-refractivity contribution < 1.29 is 22.7 Å². The Bertz CT molecular complexity index is 1060. The van der Waals surface area contributed by atoms with Crippen LogP contribution in [0.2, 0.25) is 5.02 Å². The molecule has 2 aromatic carbocycles. The van der Waals surface area contributed by atoms with Crippen LogP contribution in [0, 0.1) is 6.92 Å². The first-order chi connectivity index (χ1) is 14.2. The maximum Gasteiger partial charge on any atom is 0.424 e. The quantitative estimate of drug-likeness (QED) is 0.451. The van der Waals surface area contributed by atoms with Crippen LogP contribution in [0.15, 0.2) is 65.6 Å². The molecule has 1 saturated heterocycles. The van der Waals surface area contributed by atoms with E-state index >= 15 is 0 Å². The highest BCUT2D eigenvalue weighted by atomic mass is 35.5. The number of rotatable bonds is 7. The zero-order valence-corrected chi connectivity index (χ0v) is 18.2. The predicted molar refractivity (Wildman–Crippen MR) is 114 cm³/mol. The number of halogens is 1. The predicted octanol–water partition coefficient (Wildman–Crippen LogP) is 4.77. The van der Waals surface area contributed by atoms with Crippen LogP contribution in [0.5, 0.6) is 0 Å². The second kappa shape index (κ2) is 9.02. The Morgan fingerprint density at radius 1 is 1.13 bits per heavy atom. The van der Waals surface area contributed by atoms with Crippen LogP contribution < -0.4 is 0 Å². The molecule has 0 bridgehead atoms. The molecule has 0 spiro atoms. The van der Waals surface area contributed by atoms with Crippen molar-refractivity contribution in [2.75, 3.05) is 0 Å². The Hall–Kier alpha value is -2.64. The third kappa shape index (κ3) is 4.57. The summed E-state index contributed by atoms with van der Waals surface area (Å²) in [6.07, 6.45) is 1.94. The number of carbonyl (C=O) groups is 2. The third-order valence-corrected chi connectivity index (χ3v) is 6.96. The van der Waals surface area contributed by atoms with Crippen molar-refractivity contribution in [2.45, 2.75) is 43.7 Å². The number of aryl methyl sites for hydroxylation is 1. The fourth-order valence-electron chi connectivity index (χ4n) is 3.28. The minimum absolute atomic E-state index is 0.0272. The summed E-state index contributed by atoms with van der Waals surface area (Å²) >= 11 is 5.88. The van der Waals surface area contributed by atoms with Gasteiger partial charge in [-0.15, -0.1) is 0 Å². The van der Waals surface area contributed by atoms with Crippen LogP contribution in [0.25, 0.3) is 0 Å². The lowest BCUT2D eigenvalue weighted by Crippen LogP contribution is -2.42. The smallest absolute Gasteiger partial charge is 0.424 e. The van der Waals surface area contributed by atoms with Crippen molar-refractivity contribution in [2.24, 2.45) is 0 Å². The molecule has 6 nitrogen and oxygen atoms in total. The van der Waals surface area contributed by atoms with E-state index in [2.05, 4.69) is 0 Å². The van der Waals surface area contributed by atoms with Crippen molar-refractivity contribution in [3.05, 3.63) is 76.8 Å². The van der Waals surface area contributed by atoms with Gasteiger partial charge in [-0.3, -0.25) is 4.79 Å². The fourth-order valence-corrected chi connectivity index (χ4v) is 4.92. The van der Waals surface area contributed by atoms with Gasteiger partial charge in [0.15, 0.2) is 5.78 Å². The van der Waals surface area contributed by atoms with E-state index in [0.29, 0.717) is 21.3 Å². The molecule has 30 heavy (non-hydrogen) atoms. The monoisotopic (exact) mass is 447 g/mol. The lowest BCUT2D eigenvalue weighted by atomic mass is 9.99. The Morgan fingerprint density at radius 3 is 2.37 bits per heavy atom. The zero-order chi connectivity index (χ0) is 21.9. The van der Waals surface area contributed by atoms with E-state index in [1.54, 1.807) is 48.6 Å². The first-order valence-corrected chi connectivity index (χ1v) is 11.3. The number of ketones is 1. The van der Waals surface area contributed by atoms with Gasteiger partial charge in [0.05, 0.1) is 10.9 Å². The van der Waals surface area contributed by atoms with Gasteiger partial charge in [0.25, 0.3) is 10.0 Å². The minimum Gasteiger partial charge on any atom is -0.443 e. The van der Waals surface area contributed by atoms with Crippen LogP contribution in [-0.4, -0.2) is 36.7 Å². The fraction of sp³-hybridized carbons (Fsp3) is 0.273. The number of sulfonamides is 1. The number of benzene rings is 2. The molecule has 1 fully saturated rings. The number of amides is 1. The first-order valence-electron chi connectivity index (χ1n) is 9.45. The van der Waals surface area contributed by atoms with Crippen LogP contribution >= 0.6 is 11.6 Å². The Kier molecular flexibility index (Phi) is 6.63. The third-order valence-electron chi connectivity index (χ3n) is 4.91. The van der Waals surface area contributed by atoms with E-state index in [9.17, 15) is 18.0 Å². The van der Waals surface area contributed by atoms with E-state index in [1.807, 2.05) is 13.8 Å². The lowest BCUT2D eigenvalue weighted by molar-refractivity contribution is 0.0931. The van der Waals surface area contributed by atoms with Crippen molar-refractivity contribution in [3.63, 3.8) is 0 Å². The molecular weight excluding hydrogens is 426 g/mol. The molecule has 1 amide bonds. The second-order valence-corrected chi connectivity index (χ2v) is 9.29. The Balaban J connectivity index is 1.96. The van der Waals surface area contributed by atoms with Gasteiger partial charge in [-0.05, 0) is 50.2 Å². The summed E-state index contributed by atoms with van der Waals surface area (Å²) in [6, 6.07) is 11.5. The van der Waals surface area contributed by atoms with Crippen molar-refractivity contribution in [1.82, 2.24) is 4.31 Å². The van der Waals surface area contributed by atoms with E-state index in [0.717, 1.165) is 5.56 Å². The zero-order valence-electron chi connectivity index (χ0n) is 16.6. The van der Waals surface area contributed by atoms with Gasteiger partial charge in [-0.1, -0.05) is 41.4 Å². The average Bonchev–Trinajstić information content (AvgIpc) is 3.02. The molecule has 1 aliphatic heterocycles. The summed E-state index contributed by atoms with van der Waals surface area (Å²) in [6.45, 7) is 3.65. The molecular formula is C22H22ClNO5S. The van der Waals surface area contributed by atoms with Crippen LogP contribution in [0.1, 0.15) is 35.7 Å². The van der Waals surface area contributed by atoms with Gasteiger partial charge in [0, 0.05) is 23.4 Å². The molecule has 3 rings (SSSR count). The number of allylic oxidation sites excluding steroid dienone is 1. The van der Waals surface area contributed by atoms with Crippen molar-refractivity contribution in [3.8, 4) is 0 Å². The SMILES string of the molecule is CC=CCC1OC(=O)N(S(=O)(=O)c2ccc(C)cc2)C1CC(=O)c1ccc(Cl)cc1. The van der Waals surface area contributed by atoms with E-state index < -0.39 is 28.3 Å². The number of carbonyl (C=O) groups excluding carboxylic acids is 2. The highest BCUT2D eigenvalue weighted by molar-refractivity contribution is 7.89. The number of hydrogen-bond donors (Lipinski definition) is 0. The first kappa shape index (κ1) is 22.1. The van der Waals surface area contributed by atoms with E-state index in [4.69, 9.17) is 16.3 Å². The lowest BCUT2D eigenvalue weighted by Gasteiger charge is -2.23. The van der Waals surface area contributed by atoms with Crippen LogP contribution in [0.3, 0.4) is 0 Å². The summed E-state index contributed by atoms with van der Waals surface area (Å²) in [5.74, 6) is -0.301. The molecule has 2 atom stereocenters. The maximum atomic E-state index is 13.2. The summed E-state index contributed by atoms with van der Waals surface area (Å²) in [7, 11) is -4.18. The molecule has 1 heterocycles. The van der Waals surface area contributed by atoms with Gasteiger partial charge in [0.2, 0.25) is 0 Å². The molecule has 158 valence electrons. The highest BCUT2D eigenvalue weighted by Gasteiger charge is 2.49. The standard InChI is InChI=1S/C22H22ClNO5S/c1-3-4-5-21-19(14-20(25)16-8-10-17(23)11-9-16)24(22(26)29-21)30(27,28)18-12-6-15(2)7-13-18/h3-4,6-13,19,21H,5,14H2,1-2H3. The van der Waals surface area contributed by atoms with Crippen molar-refractivity contribution in [1.29, 1.82) is 0 Å². The van der Waals surface area contributed by atoms with Gasteiger partial charge in [-0.25, -0.2) is 13.2 Å². The van der Waals surface area contributed by atoms with Crippen LogP contribution in [0.4, 0.5) is 4.79 Å². The normalized spacial score (nSPS) is 19.3. The molecule has 0 radical (unpaired) electrons. The summed E-state index contributed by atoms with van der Waals surface area (Å²) in [4.78, 5) is 25.4. The molecule has 8 heteroatoms. The summed E-state index contributed by atoms with van der Waals surface area (Å²) < 4.78 is 32.5. The molecule has 2 unspecified atom stereocenters. The molecule has 0 saturated carbocycles. The van der Waals surface area contributed by atoms with Crippen LogP contribution in [-0.2, 0) is 14.8 Å². The van der Waals surface area contributed by atoms with Gasteiger partial charge < -0.3 is 4.74 Å². The molecule has 2 aromatic rings. The number of Topliss-reactive ketones (excluding diaryl/α,β-unsaturated/α-hetero) is 1. The highest BCUT2D eigenvalue weighted by Crippen LogP contribution is 2.32. The van der Waals surface area contributed by atoms with E-state index in [1.165, 1.54) is 12.1 Å². The largest absolute Gasteiger partial charge is 0.443 e.